The largest absolute Gasteiger partial charge is 0.337 e. The van der Waals surface area contributed by atoms with Crippen molar-refractivity contribution in [3.63, 3.8) is 0 Å². The van der Waals surface area contributed by atoms with Crippen LogP contribution < -0.4 is 0 Å². The van der Waals surface area contributed by atoms with Crippen molar-refractivity contribution >= 4 is 17.2 Å². The van der Waals surface area contributed by atoms with Gasteiger partial charge in [0.2, 0.25) is 5.91 Å². The van der Waals surface area contributed by atoms with Crippen LogP contribution in [0, 0.1) is 6.92 Å². The fraction of sp³-hybridized carbons (Fsp3) is 0.238. The Bertz CT molecular complexity index is 859. The molecule has 0 saturated carbocycles. The average molecular weight is 348 g/mol. The van der Waals surface area contributed by atoms with Crippen molar-refractivity contribution in [2.45, 2.75) is 25.3 Å². The number of amides is 1. The first-order chi connectivity index (χ1) is 12.2. The first-order valence-electron chi connectivity index (χ1n) is 8.50. The van der Waals surface area contributed by atoms with Crippen LogP contribution in [0.2, 0.25) is 0 Å². The van der Waals surface area contributed by atoms with E-state index in [-0.39, 0.29) is 5.91 Å². The third-order valence-electron chi connectivity index (χ3n) is 4.97. The number of thiazole rings is 1. The molecular formula is C21H20N2OS. The number of rotatable bonds is 4. The minimum absolute atomic E-state index is 0.162. The van der Waals surface area contributed by atoms with Crippen LogP contribution in [0.5, 0.6) is 0 Å². The summed E-state index contributed by atoms with van der Waals surface area (Å²) >= 11 is 1.57. The highest BCUT2D eigenvalue weighted by Gasteiger charge is 2.51. The van der Waals surface area contributed by atoms with Crippen molar-refractivity contribution in [1.82, 2.24) is 9.88 Å². The van der Waals surface area contributed by atoms with Gasteiger partial charge in [0, 0.05) is 24.7 Å². The molecule has 1 saturated heterocycles. The number of hydrogen-bond donors (Lipinski definition) is 0. The predicted molar refractivity (Wildman–Crippen MR) is 101 cm³/mol. The third-order valence-corrected chi connectivity index (χ3v) is 5.90. The number of aromatic nitrogens is 1. The summed E-state index contributed by atoms with van der Waals surface area (Å²) in [5.74, 6) is 0.162. The maximum atomic E-state index is 13.5. The zero-order valence-electron chi connectivity index (χ0n) is 14.2. The average Bonchev–Trinajstić information content (AvgIpc) is 3.27. The van der Waals surface area contributed by atoms with E-state index in [0.717, 1.165) is 29.1 Å². The first-order valence-corrected chi connectivity index (χ1v) is 9.38. The van der Waals surface area contributed by atoms with Gasteiger partial charge in [-0.25, -0.2) is 4.98 Å². The highest BCUT2D eigenvalue weighted by molar-refractivity contribution is 7.09. The van der Waals surface area contributed by atoms with Crippen LogP contribution in [0.25, 0.3) is 0 Å². The molecule has 126 valence electrons. The number of carbonyl (C=O) groups excluding carboxylic acids is 1. The van der Waals surface area contributed by atoms with E-state index in [4.69, 9.17) is 0 Å². The molecule has 3 nitrogen and oxygen atoms in total. The number of nitrogens with zero attached hydrogens (tertiary/aromatic N) is 2. The summed E-state index contributed by atoms with van der Waals surface area (Å²) in [5, 5.41) is 2.86. The topological polar surface area (TPSA) is 33.2 Å². The third kappa shape index (κ3) is 2.76. The van der Waals surface area contributed by atoms with Crippen molar-refractivity contribution < 1.29 is 4.79 Å². The van der Waals surface area contributed by atoms with E-state index in [9.17, 15) is 4.79 Å². The van der Waals surface area contributed by atoms with Crippen LogP contribution in [0.1, 0.15) is 28.1 Å². The second-order valence-electron chi connectivity index (χ2n) is 6.57. The lowest BCUT2D eigenvalue weighted by atomic mass is 9.79. The van der Waals surface area contributed by atoms with Gasteiger partial charge in [-0.3, -0.25) is 4.79 Å². The SMILES string of the molecule is Cc1ccc(C2(c3nccs3)CCN(Cc3ccccc3)C2=O)cc1. The fourth-order valence-electron chi connectivity index (χ4n) is 3.60. The maximum Gasteiger partial charge on any atom is 0.240 e. The first kappa shape index (κ1) is 16.0. The molecule has 1 aromatic heterocycles. The molecule has 0 radical (unpaired) electrons. The number of hydrogen-bond acceptors (Lipinski definition) is 3. The van der Waals surface area contributed by atoms with E-state index in [2.05, 4.69) is 48.3 Å². The van der Waals surface area contributed by atoms with Gasteiger partial charge in [-0.05, 0) is 24.5 Å². The maximum absolute atomic E-state index is 13.5. The summed E-state index contributed by atoms with van der Waals surface area (Å²) in [6.45, 7) is 3.47. The lowest BCUT2D eigenvalue weighted by Gasteiger charge is -2.26. The van der Waals surface area contributed by atoms with Gasteiger partial charge in [0.05, 0.1) is 0 Å². The lowest BCUT2D eigenvalue weighted by molar-refractivity contribution is -0.131. The van der Waals surface area contributed by atoms with Crippen molar-refractivity contribution in [3.8, 4) is 0 Å². The van der Waals surface area contributed by atoms with E-state index in [1.165, 1.54) is 5.56 Å². The van der Waals surface area contributed by atoms with Gasteiger partial charge in [-0.1, -0.05) is 60.2 Å². The van der Waals surface area contributed by atoms with Gasteiger partial charge in [0.15, 0.2) is 0 Å². The molecule has 3 aromatic rings. The summed E-state index contributed by atoms with van der Waals surface area (Å²) in [6, 6.07) is 18.5. The Kier molecular flexibility index (Phi) is 4.14. The van der Waals surface area contributed by atoms with Crippen LogP contribution in [0.3, 0.4) is 0 Å². The van der Waals surface area contributed by atoms with Gasteiger partial charge >= 0.3 is 0 Å². The molecule has 4 heteroatoms. The number of benzene rings is 2. The van der Waals surface area contributed by atoms with Gasteiger partial charge in [-0.15, -0.1) is 11.3 Å². The second-order valence-corrected chi connectivity index (χ2v) is 7.47. The summed E-state index contributed by atoms with van der Waals surface area (Å²) in [4.78, 5) is 20.0. The lowest BCUT2D eigenvalue weighted by Crippen LogP contribution is -2.38. The van der Waals surface area contributed by atoms with Crippen LogP contribution in [0.15, 0.2) is 66.2 Å². The van der Waals surface area contributed by atoms with Crippen molar-refractivity contribution in [2.24, 2.45) is 0 Å². The van der Waals surface area contributed by atoms with E-state index in [1.54, 1.807) is 17.5 Å². The van der Waals surface area contributed by atoms with E-state index >= 15 is 0 Å². The molecule has 0 spiro atoms. The Morgan fingerprint density at radius 2 is 1.88 bits per heavy atom. The molecule has 1 fully saturated rings. The summed E-state index contributed by atoms with van der Waals surface area (Å²) < 4.78 is 0. The number of aryl methyl sites for hydroxylation is 1. The quantitative estimate of drug-likeness (QED) is 0.709. The highest BCUT2D eigenvalue weighted by atomic mass is 32.1. The molecule has 2 heterocycles. The minimum atomic E-state index is -0.642. The van der Waals surface area contributed by atoms with Gasteiger partial charge in [-0.2, -0.15) is 0 Å². The number of likely N-dealkylation sites (tertiary alicyclic amines) is 1. The summed E-state index contributed by atoms with van der Waals surface area (Å²) in [5.41, 5.74) is 2.77. The van der Waals surface area contributed by atoms with Crippen molar-refractivity contribution in [3.05, 3.63) is 87.9 Å². The van der Waals surface area contributed by atoms with Gasteiger partial charge < -0.3 is 4.90 Å². The Morgan fingerprint density at radius 1 is 1.12 bits per heavy atom. The van der Waals surface area contributed by atoms with Crippen LogP contribution in [-0.2, 0) is 16.8 Å². The summed E-state index contributed by atoms with van der Waals surface area (Å²) in [7, 11) is 0. The molecule has 2 aromatic carbocycles. The Hall–Kier alpha value is -2.46. The summed E-state index contributed by atoms with van der Waals surface area (Å²) in [6.07, 6.45) is 2.57. The Morgan fingerprint density at radius 3 is 2.56 bits per heavy atom. The molecule has 1 atom stereocenters. The highest BCUT2D eigenvalue weighted by Crippen LogP contribution is 2.43. The van der Waals surface area contributed by atoms with Crippen LogP contribution in [-0.4, -0.2) is 22.3 Å². The fourth-order valence-corrected chi connectivity index (χ4v) is 4.48. The molecule has 0 bridgehead atoms. The molecule has 1 amide bonds. The standard InChI is InChI=1S/C21H20N2OS/c1-16-7-9-18(10-8-16)21(19-22-12-14-25-19)11-13-23(20(21)24)15-17-5-3-2-4-6-17/h2-10,12,14H,11,13,15H2,1H3. The number of carbonyl (C=O) groups is 1. The smallest absolute Gasteiger partial charge is 0.240 e. The van der Waals surface area contributed by atoms with Crippen LogP contribution in [0.4, 0.5) is 0 Å². The second kappa shape index (κ2) is 6.45. The molecule has 1 aliphatic rings. The molecule has 4 rings (SSSR count). The van der Waals surface area contributed by atoms with Crippen molar-refractivity contribution in [1.29, 1.82) is 0 Å². The van der Waals surface area contributed by atoms with E-state index in [1.807, 2.05) is 28.5 Å². The zero-order chi connectivity index (χ0) is 17.3. The van der Waals surface area contributed by atoms with E-state index < -0.39 is 5.41 Å². The van der Waals surface area contributed by atoms with Gasteiger partial charge in [0.25, 0.3) is 0 Å². The van der Waals surface area contributed by atoms with Crippen LogP contribution >= 0.6 is 11.3 Å². The zero-order valence-corrected chi connectivity index (χ0v) is 15.0. The monoisotopic (exact) mass is 348 g/mol. The normalized spacial score (nSPS) is 20.2. The molecule has 0 N–H and O–H groups in total. The molecular weight excluding hydrogens is 328 g/mol. The molecule has 25 heavy (non-hydrogen) atoms. The van der Waals surface area contributed by atoms with E-state index in [0.29, 0.717) is 6.54 Å². The van der Waals surface area contributed by atoms with Crippen molar-refractivity contribution in [2.75, 3.05) is 6.54 Å². The molecule has 1 aliphatic heterocycles. The van der Waals surface area contributed by atoms with Gasteiger partial charge in [0.1, 0.15) is 10.4 Å². The minimum Gasteiger partial charge on any atom is -0.337 e. The predicted octanol–water partition coefficient (Wildman–Crippen LogP) is 4.17. The molecule has 0 aliphatic carbocycles. The Balaban J connectivity index is 1.73. The Labute approximate surface area is 152 Å². The molecule has 1 unspecified atom stereocenters.